The van der Waals surface area contributed by atoms with Crippen LogP contribution in [-0.4, -0.2) is 22.0 Å². The van der Waals surface area contributed by atoms with E-state index in [2.05, 4.69) is 28.5 Å². The molecule has 0 aliphatic heterocycles. The van der Waals surface area contributed by atoms with Crippen LogP contribution >= 0.6 is 0 Å². The van der Waals surface area contributed by atoms with Gasteiger partial charge in [-0.1, -0.05) is 42.5 Å². The summed E-state index contributed by atoms with van der Waals surface area (Å²) in [5.41, 5.74) is 5.16. The van der Waals surface area contributed by atoms with E-state index in [1.807, 2.05) is 60.8 Å². The van der Waals surface area contributed by atoms with E-state index in [1.165, 1.54) is 0 Å². The molecule has 0 unspecified atom stereocenters. The fourth-order valence-corrected chi connectivity index (χ4v) is 4.05. The van der Waals surface area contributed by atoms with E-state index >= 15 is 0 Å². The van der Waals surface area contributed by atoms with Gasteiger partial charge in [-0.15, -0.1) is 0 Å². The van der Waals surface area contributed by atoms with Crippen LogP contribution in [0.1, 0.15) is 37.4 Å². The molecule has 0 saturated heterocycles. The predicted octanol–water partition coefficient (Wildman–Crippen LogP) is 5.54. The van der Waals surface area contributed by atoms with Crippen molar-refractivity contribution < 1.29 is 14.7 Å². The molecule has 0 atom stereocenters. The van der Waals surface area contributed by atoms with Gasteiger partial charge >= 0.3 is 5.97 Å². The van der Waals surface area contributed by atoms with Gasteiger partial charge in [0.25, 0.3) is 5.91 Å². The molecule has 33 heavy (non-hydrogen) atoms. The second-order valence-corrected chi connectivity index (χ2v) is 8.16. The molecular weight excluding hydrogens is 412 g/mol. The van der Waals surface area contributed by atoms with Gasteiger partial charge in [0.2, 0.25) is 0 Å². The zero-order valence-electron chi connectivity index (χ0n) is 17.8. The maximum atomic E-state index is 12.8. The minimum Gasteiger partial charge on any atom is -0.478 e. The number of fused-ring (bicyclic) bond motifs is 2. The fourth-order valence-electron chi connectivity index (χ4n) is 4.05. The molecule has 0 radical (unpaired) electrons. The van der Waals surface area contributed by atoms with E-state index in [1.54, 1.807) is 12.1 Å². The number of carboxylic acids is 1. The van der Waals surface area contributed by atoms with Crippen molar-refractivity contribution >= 4 is 33.6 Å². The van der Waals surface area contributed by atoms with Crippen LogP contribution in [0.2, 0.25) is 0 Å². The van der Waals surface area contributed by atoms with Gasteiger partial charge in [-0.3, -0.25) is 4.79 Å². The molecule has 1 heterocycles. The van der Waals surface area contributed by atoms with E-state index < -0.39 is 5.97 Å². The van der Waals surface area contributed by atoms with Gasteiger partial charge in [0.15, 0.2) is 0 Å². The molecule has 5 aromatic rings. The zero-order chi connectivity index (χ0) is 22.8. The van der Waals surface area contributed by atoms with E-state index in [0.717, 1.165) is 38.4 Å². The minimum absolute atomic E-state index is 0.110. The van der Waals surface area contributed by atoms with Gasteiger partial charge in [-0.05, 0) is 81.7 Å². The maximum absolute atomic E-state index is 12.8. The lowest BCUT2D eigenvalue weighted by molar-refractivity contribution is 0.0696. The molecule has 0 spiro atoms. The molecule has 162 valence electrons. The van der Waals surface area contributed by atoms with Crippen LogP contribution < -0.4 is 5.32 Å². The number of carbonyl (C=O) groups excluding carboxylic acids is 1. The van der Waals surface area contributed by atoms with Crippen molar-refractivity contribution in [2.45, 2.75) is 13.0 Å². The molecule has 5 rings (SSSR count). The molecule has 4 aromatic carbocycles. The Bertz CT molecular complexity index is 1480. The van der Waals surface area contributed by atoms with Gasteiger partial charge in [0.1, 0.15) is 0 Å². The number of aromatic nitrogens is 1. The van der Waals surface area contributed by atoms with Crippen molar-refractivity contribution in [1.82, 2.24) is 10.3 Å². The van der Waals surface area contributed by atoms with Crippen molar-refractivity contribution in [2.75, 3.05) is 0 Å². The van der Waals surface area contributed by atoms with Gasteiger partial charge in [-0.25, -0.2) is 4.79 Å². The van der Waals surface area contributed by atoms with E-state index in [-0.39, 0.29) is 11.5 Å². The van der Waals surface area contributed by atoms with Gasteiger partial charge in [-0.2, -0.15) is 0 Å². The van der Waals surface area contributed by atoms with E-state index in [0.29, 0.717) is 18.5 Å². The zero-order valence-corrected chi connectivity index (χ0v) is 17.8. The Morgan fingerprint density at radius 1 is 0.697 bits per heavy atom. The van der Waals surface area contributed by atoms with E-state index in [4.69, 9.17) is 5.11 Å². The van der Waals surface area contributed by atoms with Crippen molar-refractivity contribution in [2.24, 2.45) is 0 Å². The molecule has 5 nitrogen and oxygen atoms in total. The summed E-state index contributed by atoms with van der Waals surface area (Å²) < 4.78 is 0. The summed E-state index contributed by atoms with van der Waals surface area (Å²) in [5, 5.41) is 15.2. The highest BCUT2D eigenvalue weighted by molar-refractivity contribution is 5.98. The van der Waals surface area contributed by atoms with Crippen molar-refractivity contribution in [3.8, 4) is 0 Å². The first-order valence-electron chi connectivity index (χ1n) is 10.7. The molecule has 0 aliphatic carbocycles. The predicted molar refractivity (Wildman–Crippen MR) is 130 cm³/mol. The number of carboxylic acid groups (broad SMARTS) is 1. The Balaban J connectivity index is 1.31. The van der Waals surface area contributed by atoms with Crippen LogP contribution in [0.5, 0.6) is 0 Å². The number of hydrogen-bond acceptors (Lipinski definition) is 2. The summed E-state index contributed by atoms with van der Waals surface area (Å²) in [6, 6.07) is 26.9. The number of rotatable bonds is 6. The minimum atomic E-state index is -0.928. The maximum Gasteiger partial charge on any atom is 0.335 e. The third-order valence-electron chi connectivity index (χ3n) is 5.85. The van der Waals surface area contributed by atoms with Crippen molar-refractivity contribution in [1.29, 1.82) is 0 Å². The van der Waals surface area contributed by atoms with Crippen LogP contribution in [0.15, 0.2) is 91.1 Å². The summed E-state index contributed by atoms with van der Waals surface area (Å²) in [4.78, 5) is 27.0. The molecule has 1 amide bonds. The van der Waals surface area contributed by atoms with Crippen molar-refractivity contribution in [3.05, 3.63) is 119 Å². The summed E-state index contributed by atoms with van der Waals surface area (Å²) in [5.74, 6) is -1.04. The Morgan fingerprint density at radius 3 is 2.21 bits per heavy atom. The number of aromatic carboxylic acids is 1. The highest BCUT2D eigenvalue weighted by Crippen LogP contribution is 2.21. The topological polar surface area (TPSA) is 82.2 Å². The molecule has 1 aromatic heterocycles. The molecule has 0 bridgehead atoms. The van der Waals surface area contributed by atoms with Crippen molar-refractivity contribution in [3.63, 3.8) is 0 Å². The number of carbonyl (C=O) groups is 2. The number of benzene rings is 4. The number of hydrogen-bond donors (Lipinski definition) is 3. The highest BCUT2D eigenvalue weighted by Gasteiger charge is 2.08. The smallest absolute Gasteiger partial charge is 0.335 e. The second kappa shape index (κ2) is 8.63. The first-order valence-corrected chi connectivity index (χ1v) is 10.7. The number of H-pyrrole nitrogens is 1. The van der Waals surface area contributed by atoms with Crippen LogP contribution in [0.25, 0.3) is 21.7 Å². The molecule has 0 saturated carbocycles. The molecule has 0 fully saturated rings. The van der Waals surface area contributed by atoms with Gasteiger partial charge < -0.3 is 15.4 Å². The third kappa shape index (κ3) is 4.48. The van der Waals surface area contributed by atoms with Crippen LogP contribution in [0, 0.1) is 0 Å². The van der Waals surface area contributed by atoms with Gasteiger partial charge in [0, 0.05) is 23.8 Å². The average molecular weight is 434 g/mol. The lowest BCUT2D eigenvalue weighted by atomic mass is 9.99. The quantitative estimate of drug-likeness (QED) is 0.328. The molecule has 5 heteroatoms. The highest BCUT2D eigenvalue weighted by atomic mass is 16.4. The largest absolute Gasteiger partial charge is 0.478 e. The van der Waals surface area contributed by atoms with Crippen LogP contribution in [0.3, 0.4) is 0 Å². The Labute approximate surface area is 190 Å². The number of amides is 1. The number of nitrogens with one attached hydrogen (secondary N) is 2. The molecule has 0 aliphatic rings. The third-order valence-corrected chi connectivity index (χ3v) is 5.85. The van der Waals surface area contributed by atoms with E-state index in [9.17, 15) is 9.59 Å². The normalized spacial score (nSPS) is 11.0. The van der Waals surface area contributed by atoms with Crippen LogP contribution in [0.4, 0.5) is 0 Å². The summed E-state index contributed by atoms with van der Waals surface area (Å²) >= 11 is 0. The summed E-state index contributed by atoms with van der Waals surface area (Å²) in [6.07, 6.45) is 2.59. The molecule has 3 N–H and O–H groups in total. The first kappa shape index (κ1) is 20.5. The SMILES string of the molecule is O=C(O)c1ccc(Cc2ccc3ccc(C(=O)NCc4ccc5[nH]ccc5c4)cc3c2)cc1. The second-order valence-electron chi connectivity index (χ2n) is 8.16. The summed E-state index contributed by atoms with van der Waals surface area (Å²) in [7, 11) is 0. The Kier molecular flexibility index (Phi) is 5.37. The fraction of sp³-hybridized carbons (Fsp3) is 0.0714. The Hall–Kier alpha value is -4.38. The van der Waals surface area contributed by atoms with Gasteiger partial charge in [0.05, 0.1) is 5.56 Å². The first-order chi connectivity index (χ1) is 16.0. The lowest BCUT2D eigenvalue weighted by Gasteiger charge is -2.09. The Morgan fingerprint density at radius 2 is 1.39 bits per heavy atom. The standard InChI is InChI=1S/C28H22N2O3/c31-27(30-17-20-4-10-26-23(15-20)11-12-29-26)24-9-8-21-5-3-19(14-25(21)16-24)13-18-1-6-22(7-2-18)28(32)33/h1-12,14-16,29H,13,17H2,(H,30,31)(H,32,33). The van der Waals surface area contributed by atoms with Crippen LogP contribution in [-0.2, 0) is 13.0 Å². The summed E-state index contributed by atoms with van der Waals surface area (Å²) in [6.45, 7) is 0.463. The molecular formula is C28H22N2O3. The average Bonchev–Trinajstić information content (AvgIpc) is 3.30. The lowest BCUT2D eigenvalue weighted by Crippen LogP contribution is -2.22. The number of aromatic amines is 1. The monoisotopic (exact) mass is 434 g/mol.